The van der Waals surface area contributed by atoms with E-state index in [-0.39, 0.29) is 7.43 Å². The van der Waals surface area contributed by atoms with Gasteiger partial charge in [-0.05, 0) is 47.4 Å². The maximum absolute atomic E-state index is 5.90. The molecule has 0 atom stereocenters. The zero-order chi connectivity index (χ0) is 13.7. The summed E-state index contributed by atoms with van der Waals surface area (Å²) in [7, 11) is 0. The SMILES string of the molecule is C.CC(C)CCOc1cc(C(C)C)cc(C(C)C)c1. The van der Waals surface area contributed by atoms with Crippen molar-refractivity contribution in [2.24, 2.45) is 5.92 Å². The molecule has 1 nitrogen and oxygen atoms in total. The minimum atomic E-state index is 0. The van der Waals surface area contributed by atoms with Crippen LogP contribution in [0, 0.1) is 5.92 Å². The lowest BCUT2D eigenvalue weighted by molar-refractivity contribution is 0.289. The summed E-state index contributed by atoms with van der Waals surface area (Å²) in [5, 5.41) is 0. The van der Waals surface area contributed by atoms with Gasteiger partial charge in [-0.2, -0.15) is 0 Å². The van der Waals surface area contributed by atoms with Crippen molar-refractivity contribution in [3.63, 3.8) is 0 Å². The second-order valence-electron chi connectivity index (χ2n) is 6.18. The summed E-state index contributed by atoms with van der Waals surface area (Å²) in [6, 6.07) is 6.69. The zero-order valence-electron chi connectivity index (χ0n) is 12.8. The van der Waals surface area contributed by atoms with Gasteiger partial charge in [0.15, 0.2) is 0 Å². The van der Waals surface area contributed by atoms with Gasteiger partial charge in [-0.3, -0.25) is 0 Å². The van der Waals surface area contributed by atoms with Gasteiger partial charge in [-0.1, -0.05) is 55.0 Å². The van der Waals surface area contributed by atoms with Gasteiger partial charge in [0.05, 0.1) is 6.61 Å². The molecule has 1 aromatic carbocycles. The van der Waals surface area contributed by atoms with Crippen molar-refractivity contribution < 1.29 is 4.74 Å². The predicted octanol–water partition coefficient (Wildman–Crippen LogP) is 5.99. The Kier molecular flexibility index (Phi) is 7.82. The molecule has 110 valence electrons. The van der Waals surface area contributed by atoms with Gasteiger partial charge in [0.1, 0.15) is 5.75 Å². The highest BCUT2D eigenvalue weighted by atomic mass is 16.5. The van der Waals surface area contributed by atoms with Gasteiger partial charge < -0.3 is 4.74 Å². The van der Waals surface area contributed by atoms with Crippen LogP contribution >= 0.6 is 0 Å². The largest absolute Gasteiger partial charge is 0.494 e. The van der Waals surface area contributed by atoms with Crippen LogP contribution in [0.1, 0.15) is 78.4 Å². The summed E-state index contributed by atoms with van der Waals surface area (Å²) >= 11 is 0. The van der Waals surface area contributed by atoms with Crippen LogP contribution < -0.4 is 4.74 Å². The summed E-state index contributed by atoms with van der Waals surface area (Å²) in [5.74, 6) is 2.83. The molecule has 0 aliphatic heterocycles. The third-order valence-electron chi connectivity index (χ3n) is 3.25. The second-order valence-corrected chi connectivity index (χ2v) is 6.18. The van der Waals surface area contributed by atoms with Crippen molar-refractivity contribution in [3.8, 4) is 5.75 Å². The van der Waals surface area contributed by atoms with Crippen LogP contribution in [0.2, 0.25) is 0 Å². The lowest BCUT2D eigenvalue weighted by Gasteiger charge is -2.15. The summed E-state index contributed by atoms with van der Waals surface area (Å²) in [6.45, 7) is 14.2. The number of hydrogen-bond donors (Lipinski definition) is 0. The number of hydrogen-bond acceptors (Lipinski definition) is 1. The number of ether oxygens (including phenoxy) is 1. The molecule has 0 spiro atoms. The van der Waals surface area contributed by atoms with E-state index in [4.69, 9.17) is 4.74 Å². The topological polar surface area (TPSA) is 9.23 Å². The van der Waals surface area contributed by atoms with Gasteiger partial charge >= 0.3 is 0 Å². The Hall–Kier alpha value is -0.980. The van der Waals surface area contributed by atoms with Gasteiger partial charge in [0, 0.05) is 0 Å². The molecule has 1 heteroatoms. The van der Waals surface area contributed by atoms with Gasteiger partial charge in [0.25, 0.3) is 0 Å². The Balaban J connectivity index is 0.00000324. The van der Waals surface area contributed by atoms with Crippen LogP contribution in [0.15, 0.2) is 18.2 Å². The maximum Gasteiger partial charge on any atom is 0.119 e. The van der Waals surface area contributed by atoms with Crippen molar-refractivity contribution in [1.82, 2.24) is 0 Å². The molecule has 0 N–H and O–H groups in total. The Labute approximate surface area is 120 Å². The Morgan fingerprint density at radius 3 is 1.68 bits per heavy atom. The van der Waals surface area contributed by atoms with Crippen LogP contribution in [-0.4, -0.2) is 6.61 Å². The Bertz CT molecular complexity index is 338. The molecule has 0 heterocycles. The highest BCUT2D eigenvalue weighted by Gasteiger charge is 2.08. The molecule has 0 unspecified atom stereocenters. The highest BCUT2D eigenvalue weighted by Crippen LogP contribution is 2.27. The fourth-order valence-electron chi connectivity index (χ4n) is 1.81. The second kappa shape index (κ2) is 8.24. The third kappa shape index (κ3) is 6.13. The van der Waals surface area contributed by atoms with Crippen LogP contribution in [0.4, 0.5) is 0 Å². The molecular formula is C18H32O. The lowest BCUT2D eigenvalue weighted by Crippen LogP contribution is -2.03. The van der Waals surface area contributed by atoms with Crippen LogP contribution in [0.25, 0.3) is 0 Å². The summed E-state index contributed by atoms with van der Waals surface area (Å²) < 4.78 is 5.90. The summed E-state index contributed by atoms with van der Waals surface area (Å²) in [4.78, 5) is 0. The summed E-state index contributed by atoms with van der Waals surface area (Å²) in [6.07, 6.45) is 1.11. The monoisotopic (exact) mass is 264 g/mol. The highest BCUT2D eigenvalue weighted by molar-refractivity contribution is 5.37. The molecular weight excluding hydrogens is 232 g/mol. The predicted molar refractivity (Wildman–Crippen MR) is 86.3 cm³/mol. The van der Waals surface area contributed by atoms with Crippen molar-refractivity contribution >= 4 is 0 Å². The van der Waals surface area contributed by atoms with Crippen LogP contribution in [0.3, 0.4) is 0 Å². The van der Waals surface area contributed by atoms with E-state index >= 15 is 0 Å². The lowest BCUT2D eigenvalue weighted by atomic mass is 9.95. The van der Waals surface area contributed by atoms with E-state index in [2.05, 4.69) is 59.7 Å². The fourth-order valence-corrected chi connectivity index (χ4v) is 1.81. The number of rotatable bonds is 6. The number of benzene rings is 1. The molecule has 0 saturated carbocycles. The average Bonchev–Trinajstić information content (AvgIpc) is 2.28. The first kappa shape index (κ1) is 18.0. The molecule has 1 rings (SSSR count). The molecule has 0 saturated heterocycles. The van der Waals surface area contributed by atoms with E-state index in [1.165, 1.54) is 11.1 Å². The van der Waals surface area contributed by atoms with E-state index in [1.807, 2.05) is 0 Å². The zero-order valence-corrected chi connectivity index (χ0v) is 12.8. The van der Waals surface area contributed by atoms with Crippen molar-refractivity contribution in [1.29, 1.82) is 0 Å². The van der Waals surface area contributed by atoms with Gasteiger partial charge in [0.2, 0.25) is 0 Å². The molecule has 0 aliphatic rings. The molecule has 0 bridgehead atoms. The standard InChI is InChI=1S/C17H28O.CH4/c1-12(2)7-8-18-17-10-15(13(3)4)9-16(11-17)14(5)6;/h9-14H,7-8H2,1-6H3;1H4. The first-order valence-corrected chi connectivity index (χ1v) is 7.17. The normalized spacial score (nSPS) is 11.0. The van der Waals surface area contributed by atoms with E-state index in [9.17, 15) is 0 Å². The van der Waals surface area contributed by atoms with E-state index in [0.717, 1.165) is 18.8 Å². The van der Waals surface area contributed by atoms with Crippen LogP contribution in [0.5, 0.6) is 5.75 Å². The van der Waals surface area contributed by atoms with Crippen molar-refractivity contribution in [2.45, 2.75) is 67.2 Å². The smallest absolute Gasteiger partial charge is 0.119 e. The molecule has 0 fully saturated rings. The fraction of sp³-hybridized carbons (Fsp3) is 0.667. The Morgan fingerprint density at radius 2 is 1.32 bits per heavy atom. The minimum absolute atomic E-state index is 0. The average molecular weight is 264 g/mol. The molecule has 0 amide bonds. The van der Waals surface area contributed by atoms with E-state index in [1.54, 1.807) is 0 Å². The molecule has 19 heavy (non-hydrogen) atoms. The first-order chi connectivity index (χ1) is 8.40. The Morgan fingerprint density at radius 1 is 0.842 bits per heavy atom. The van der Waals surface area contributed by atoms with E-state index < -0.39 is 0 Å². The molecule has 1 aromatic rings. The molecule has 0 aromatic heterocycles. The molecule has 0 radical (unpaired) electrons. The summed E-state index contributed by atoms with van der Waals surface area (Å²) in [5.41, 5.74) is 2.75. The van der Waals surface area contributed by atoms with Crippen molar-refractivity contribution in [2.75, 3.05) is 6.61 Å². The van der Waals surface area contributed by atoms with Crippen LogP contribution in [-0.2, 0) is 0 Å². The van der Waals surface area contributed by atoms with Crippen molar-refractivity contribution in [3.05, 3.63) is 29.3 Å². The van der Waals surface area contributed by atoms with Gasteiger partial charge in [-0.25, -0.2) is 0 Å². The quantitative estimate of drug-likeness (QED) is 0.612. The maximum atomic E-state index is 5.90. The third-order valence-corrected chi connectivity index (χ3v) is 3.25. The minimum Gasteiger partial charge on any atom is -0.494 e. The van der Waals surface area contributed by atoms with Gasteiger partial charge in [-0.15, -0.1) is 0 Å². The molecule has 0 aliphatic carbocycles. The van der Waals surface area contributed by atoms with E-state index in [0.29, 0.717) is 17.8 Å². The first-order valence-electron chi connectivity index (χ1n) is 7.17.